The van der Waals surface area contributed by atoms with Gasteiger partial charge in [-0.15, -0.1) is 0 Å². The zero-order chi connectivity index (χ0) is 16.8. The molecule has 1 aliphatic rings. The Bertz CT molecular complexity index is 566. The van der Waals surface area contributed by atoms with Crippen molar-refractivity contribution in [2.45, 2.75) is 33.1 Å². The maximum absolute atomic E-state index is 12.2. The topological polar surface area (TPSA) is 78.7 Å². The lowest BCUT2D eigenvalue weighted by Crippen LogP contribution is -2.49. The number of nitrogens with two attached hydrogens (primary N) is 1. The van der Waals surface area contributed by atoms with Crippen LogP contribution >= 0.6 is 0 Å². The molecule has 6 nitrogen and oxygen atoms in total. The summed E-state index contributed by atoms with van der Waals surface area (Å²) < 4.78 is 0. The lowest BCUT2D eigenvalue weighted by molar-refractivity contribution is -0.131. The predicted molar refractivity (Wildman–Crippen MR) is 90.9 cm³/mol. The first-order chi connectivity index (χ1) is 11.0. The molecular formula is C17H26N4O2. The van der Waals surface area contributed by atoms with Crippen LogP contribution in [0.2, 0.25) is 0 Å². The van der Waals surface area contributed by atoms with E-state index in [2.05, 4.69) is 42.4 Å². The van der Waals surface area contributed by atoms with Crippen molar-refractivity contribution in [2.24, 2.45) is 5.84 Å². The first-order valence-corrected chi connectivity index (χ1v) is 8.10. The zero-order valence-electron chi connectivity index (χ0n) is 14.0. The van der Waals surface area contributed by atoms with Gasteiger partial charge in [0.15, 0.2) is 0 Å². The molecule has 1 heterocycles. The van der Waals surface area contributed by atoms with E-state index in [4.69, 9.17) is 5.84 Å². The van der Waals surface area contributed by atoms with Gasteiger partial charge in [0, 0.05) is 44.7 Å². The van der Waals surface area contributed by atoms with E-state index in [9.17, 15) is 9.59 Å². The predicted octanol–water partition coefficient (Wildman–Crippen LogP) is 1.11. The van der Waals surface area contributed by atoms with Gasteiger partial charge in [-0.3, -0.25) is 15.0 Å². The molecule has 0 aromatic heterocycles. The summed E-state index contributed by atoms with van der Waals surface area (Å²) in [5, 5.41) is 0. The molecule has 23 heavy (non-hydrogen) atoms. The number of aryl methyl sites for hydroxylation is 2. The number of nitrogens with one attached hydrogen (secondary N) is 1. The third kappa shape index (κ3) is 4.69. The Morgan fingerprint density at radius 3 is 2.43 bits per heavy atom. The van der Waals surface area contributed by atoms with E-state index in [1.807, 2.05) is 4.90 Å². The van der Waals surface area contributed by atoms with Crippen LogP contribution in [0.5, 0.6) is 0 Å². The summed E-state index contributed by atoms with van der Waals surface area (Å²) in [5.74, 6) is 4.92. The fourth-order valence-corrected chi connectivity index (χ4v) is 2.99. The zero-order valence-corrected chi connectivity index (χ0v) is 14.0. The molecule has 1 aromatic carbocycles. The highest BCUT2D eigenvalue weighted by atomic mass is 16.2. The molecule has 2 rings (SSSR count). The quantitative estimate of drug-likeness (QED) is 0.484. The van der Waals surface area contributed by atoms with E-state index in [1.54, 1.807) is 0 Å². The number of rotatable bonds is 5. The minimum atomic E-state index is -0.225. The number of piperazine rings is 1. The number of nitrogens with zero attached hydrogens (tertiary/aromatic N) is 2. The van der Waals surface area contributed by atoms with Crippen molar-refractivity contribution in [1.29, 1.82) is 0 Å². The Hall–Kier alpha value is -2.08. The number of anilines is 1. The number of benzene rings is 1. The van der Waals surface area contributed by atoms with Gasteiger partial charge in [-0.25, -0.2) is 5.84 Å². The lowest BCUT2D eigenvalue weighted by atomic mass is 10.1. The van der Waals surface area contributed by atoms with Crippen LogP contribution in [-0.2, 0) is 9.59 Å². The molecule has 0 spiro atoms. The van der Waals surface area contributed by atoms with Gasteiger partial charge in [-0.2, -0.15) is 0 Å². The van der Waals surface area contributed by atoms with Crippen molar-refractivity contribution in [3.63, 3.8) is 0 Å². The van der Waals surface area contributed by atoms with Crippen molar-refractivity contribution >= 4 is 17.5 Å². The highest BCUT2D eigenvalue weighted by Gasteiger charge is 2.21. The maximum atomic E-state index is 12.2. The lowest BCUT2D eigenvalue weighted by Gasteiger charge is -2.37. The average Bonchev–Trinajstić information content (AvgIpc) is 2.54. The smallest absolute Gasteiger partial charge is 0.233 e. The first-order valence-electron chi connectivity index (χ1n) is 8.10. The van der Waals surface area contributed by atoms with E-state index < -0.39 is 0 Å². The summed E-state index contributed by atoms with van der Waals surface area (Å²) in [6.45, 7) is 7.38. The number of amides is 2. The van der Waals surface area contributed by atoms with Gasteiger partial charge < -0.3 is 9.80 Å². The number of hydrogen-bond acceptors (Lipinski definition) is 4. The minimum absolute atomic E-state index is 0.120. The summed E-state index contributed by atoms with van der Waals surface area (Å²) in [4.78, 5) is 27.4. The van der Waals surface area contributed by atoms with E-state index in [1.165, 1.54) is 16.8 Å². The average molecular weight is 318 g/mol. The summed E-state index contributed by atoms with van der Waals surface area (Å²) in [5.41, 5.74) is 5.87. The van der Waals surface area contributed by atoms with Gasteiger partial charge in [0.25, 0.3) is 0 Å². The summed E-state index contributed by atoms with van der Waals surface area (Å²) in [7, 11) is 0. The van der Waals surface area contributed by atoms with Crippen molar-refractivity contribution < 1.29 is 9.59 Å². The Kier molecular flexibility index (Phi) is 5.98. The van der Waals surface area contributed by atoms with E-state index in [-0.39, 0.29) is 11.8 Å². The molecule has 126 valence electrons. The molecule has 2 amide bonds. The summed E-state index contributed by atoms with van der Waals surface area (Å²) in [6.07, 6.45) is 1.24. The van der Waals surface area contributed by atoms with Crippen molar-refractivity contribution in [2.75, 3.05) is 31.1 Å². The Morgan fingerprint density at radius 1 is 1.13 bits per heavy atom. The molecule has 0 atom stereocenters. The highest BCUT2D eigenvalue weighted by Crippen LogP contribution is 2.22. The van der Waals surface area contributed by atoms with Crippen LogP contribution in [0, 0.1) is 13.8 Å². The highest BCUT2D eigenvalue weighted by molar-refractivity contribution is 5.78. The second kappa shape index (κ2) is 7.97. The van der Waals surface area contributed by atoms with Gasteiger partial charge in [0.2, 0.25) is 11.8 Å². The van der Waals surface area contributed by atoms with Gasteiger partial charge in [-0.1, -0.05) is 17.7 Å². The second-order valence-electron chi connectivity index (χ2n) is 6.08. The van der Waals surface area contributed by atoms with E-state index in [0.29, 0.717) is 19.3 Å². The van der Waals surface area contributed by atoms with Gasteiger partial charge >= 0.3 is 0 Å². The number of hydrazine groups is 1. The summed E-state index contributed by atoms with van der Waals surface area (Å²) in [6, 6.07) is 6.48. The van der Waals surface area contributed by atoms with Gasteiger partial charge in [0.05, 0.1) is 0 Å². The normalized spacial score (nSPS) is 14.7. The van der Waals surface area contributed by atoms with Crippen molar-refractivity contribution in [3.05, 3.63) is 29.3 Å². The fourth-order valence-electron chi connectivity index (χ4n) is 2.99. The Balaban J connectivity index is 1.81. The molecule has 0 unspecified atom stereocenters. The monoisotopic (exact) mass is 318 g/mol. The van der Waals surface area contributed by atoms with Crippen LogP contribution in [0.1, 0.15) is 30.4 Å². The number of carbonyl (C=O) groups is 2. The third-order valence-electron chi connectivity index (χ3n) is 4.28. The van der Waals surface area contributed by atoms with Crippen LogP contribution in [-0.4, -0.2) is 42.9 Å². The van der Waals surface area contributed by atoms with Crippen LogP contribution in [0.3, 0.4) is 0 Å². The van der Waals surface area contributed by atoms with Gasteiger partial charge in [-0.05, 0) is 31.9 Å². The summed E-state index contributed by atoms with van der Waals surface area (Å²) >= 11 is 0. The molecule has 1 fully saturated rings. The molecule has 3 N–H and O–H groups in total. The Morgan fingerprint density at radius 2 is 1.83 bits per heavy atom. The van der Waals surface area contributed by atoms with Crippen molar-refractivity contribution in [3.8, 4) is 0 Å². The largest absolute Gasteiger partial charge is 0.368 e. The van der Waals surface area contributed by atoms with Crippen LogP contribution in [0.15, 0.2) is 18.2 Å². The maximum Gasteiger partial charge on any atom is 0.233 e. The molecule has 6 heteroatoms. The fraction of sp³-hybridized carbons (Fsp3) is 0.529. The molecule has 0 aliphatic carbocycles. The van der Waals surface area contributed by atoms with E-state index >= 15 is 0 Å². The van der Waals surface area contributed by atoms with Crippen molar-refractivity contribution in [1.82, 2.24) is 10.3 Å². The van der Waals surface area contributed by atoms with Crippen LogP contribution in [0.4, 0.5) is 5.69 Å². The molecule has 1 saturated heterocycles. The number of carbonyl (C=O) groups excluding carboxylic acids is 2. The number of hydrogen-bond donors (Lipinski definition) is 2. The van der Waals surface area contributed by atoms with Crippen LogP contribution in [0.25, 0.3) is 0 Å². The standard InChI is InChI=1S/C17H26N4O2/c1-13-6-7-15(14(2)12-13)20-8-10-21(11-9-20)17(23)5-3-4-16(22)19-18/h6-7,12H,3-5,8-11,18H2,1-2H3,(H,19,22). The first kappa shape index (κ1) is 17.3. The van der Waals surface area contributed by atoms with Gasteiger partial charge in [0.1, 0.15) is 0 Å². The molecule has 0 bridgehead atoms. The molecule has 0 radical (unpaired) electrons. The van der Waals surface area contributed by atoms with Crippen LogP contribution < -0.4 is 16.2 Å². The Labute approximate surface area is 137 Å². The molecule has 0 saturated carbocycles. The second-order valence-corrected chi connectivity index (χ2v) is 6.08. The molecule has 1 aliphatic heterocycles. The molecular weight excluding hydrogens is 292 g/mol. The SMILES string of the molecule is Cc1ccc(N2CCN(C(=O)CCCC(=O)NN)CC2)c(C)c1. The third-order valence-corrected chi connectivity index (χ3v) is 4.28. The molecule has 1 aromatic rings. The minimum Gasteiger partial charge on any atom is -0.368 e. The van der Waals surface area contributed by atoms with E-state index in [0.717, 1.165) is 26.2 Å².